The van der Waals surface area contributed by atoms with Crippen molar-refractivity contribution in [3.63, 3.8) is 0 Å². The number of aliphatic hydroxyl groups is 2. The summed E-state index contributed by atoms with van der Waals surface area (Å²) in [5.74, 6) is 0. The molecule has 6 aromatic rings. The lowest BCUT2D eigenvalue weighted by atomic mass is 9.95. The largest absolute Gasteiger partial charge is 0.397 e. The third-order valence-electron chi connectivity index (χ3n) is 12.0. The molecule has 12 nitrogen and oxygen atoms in total. The van der Waals surface area contributed by atoms with Gasteiger partial charge in [0.15, 0.2) is 12.6 Å². The van der Waals surface area contributed by atoms with Gasteiger partial charge in [0.2, 0.25) is 0 Å². The van der Waals surface area contributed by atoms with E-state index in [1.165, 1.54) is 0 Å². The first-order valence-electron chi connectivity index (χ1n) is 24.2. The van der Waals surface area contributed by atoms with Crippen LogP contribution < -0.4 is 0 Å². The lowest BCUT2D eigenvalue weighted by Crippen LogP contribution is -2.63. The standard InChI is InChI=1S/C56H62O11.C2H6O/c1-58-55-53(63-38-45-28-16-6-17-29-45)52(62-37-44-26-14-5-15-27-44)50(60-35-42-22-10-3-11-23-42)48(67-55)40-65-56-54(64-39-46-30-18-7-19-31-46)51(61-36-43-24-12-4-13-25-43)49(47(66-56)32-33-57)59-34-41-20-8-2-9-21-41;1-2-3/h2-31,47-57H,32-40H2,1H3;3H,2H2,1H3/t47-,48-,49-,50-,51+,52+,53-,54-,55+,56+;/m1./s1. The minimum absolute atomic E-state index is 0.0153. The van der Waals surface area contributed by atoms with Crippen LogP contribution in [0.4, 0.5) is 0 Å². The number of ether oxygens (including phenoxy) is 10. The van der Waals surface area contributed by atoms with Gasteiger partial charge in [-0.2, -0.15) is 0 Å². The fourth-order valence-electron chi connectivity index (χ4n) is 8.50. The van der Waals surface area contributed by atoms with E-state index in [2.05, 4.69) is 0 Å². The van der Waals surface area contributed by atoms with Crippen molar-refractivity contribution in [3.8, 4) is 0 Å². The zero-order valence-electron chi connectivity index (χ0n) is 40.1. The Balaban J connectivity index is 0.00000235. The summed E-state index contributed by atoms with van der Waals surface area (Å²) in [5.41, 5.74) is 5.92. The second-order valence-corrected chi connectivity index (χ2v) is 17.1. The van der Waals surface area contributed by atoms with Crippen molar-refractivity contribution in [2.24, 2.45) is 0 Å². The molecule has 0 spiro atoms. The van der Waals surface area contributed by atoms with Gasteiger partial charge in [-0.25, -0.2) is 0 Å². The van der Waals surface area contributed by atoms with Gasteiger partial charge in [0, 0.05) is 20.3 Å². The molecule has 2 N–H and O–H groups in total. The highest BCUT2D eigenvalue weighted by atomic mass is 16.7. The van der Waals surface area contributed by atoms with E-state index < -0.39 is 61.4 Å². The third kappa shape index (κ3) is 15.9. The normalized spacial score (nSPS) is 24.3. The van der Waals surface area contributed by atoms with Gasteiger partial charge in [-0.3, -0.25) is 0 Å². The Bertz CT molecular complexity index is 2260. The maximum atomic E-state index is 10.5. The molecular formula is C58H68O12. The van der Waals surface area contributed by atoms with E-state index in [1.54, 1.807) is 14.0 Å². The zero-order valence-corrected chi connectivity index (χ0v) is 40.1. The Morgan fingerprint density at radius 2 is 0.629 bits per heavy atom. The summed E-state index contributed by atoms with van der Waals surface area (Å²) in [6.45, 7) is 3.46. The summed E-state index contributed by atoms with van der Waals surface area (Å²) in [4.78, 5) is 0. The first kappa shape index (κ1) is 52.7. The lowest BCUT2D eigenvalue weighted by molar-refractivity contribution is -0.349. The van der Waals surface area contributed by atoms with Crippen molar-refractivity contribution in [1.82, 2.24) is 0 Å². The molecule has 12 heteroatoms. The Kier molecular flexibility index (Phi) is 22.0. The second-order valence-electron chi connectivity index (χ2n) is 17.1. The van der Waals surface area contributed by atoms with E-state index in [0.717, 1.165) is 33.4 Å². The number of benzene rings is 6. The topological polar surface area (TPSA) is 133 Å². The molecule has 2 fully saturated rings. The molecule has 2 aliphatic heterocycles. The fourth-order valence-corrected chi connectivity index (χ4v) is 8.50. The van der Waals surface area contributed by atoms with Crippen LogP contribution in [0.5, 0.6) is 0 Å². The SMILES string of the molecule is CCO.CO[C@H]1O[C@H](CO[C@H]2O[C@H](CCO)[C@@H](OCc3ccccc3)[C@H](OCc3ccccc3)[C@H]2OCc2ccccc2)[C@@H](OCc2ccccc2)[C@H](OCc2ccccc2)[C@H]1OCc1ccccc1. The molecule has 372 valence electrons. The lowest BCUT2D eigenvalue weighted by Gasteiger charge is -2.48. The molecular weight excluding hydrogens is 889 g/mol. The predicted molar refractivity (Wildman–Crippen MR) is 265 cm³/mol. The monoisotopic (exact) mass is 956 g/mol. The number of hydrogen-bond acceptors (Lipinski definition) is 12. The molecule has 0 aromatic heterocycles. The van der Waals surface area contributed by atoms with Crippen LogP contribution in [0.1, 0.15) is 46.7 Å². The van der Waals surface area contributed by atoms with Crippen LogP contribution in [0.25, 0.3) is 0 Å². The van der Waals surface area contributed by atoms with E-state index in [4.69, 9.17) is 52.5 Å². The van der Waals surface area contributed by atoms with Crippen LogP contribution in [-0.2, 0) is 87.0 Å². The van der Waals surface area contributed by atoms with Crippen LogP contribution in [0.2, 0.25) is 0 Å². The summed E-state index contributed by atoms with van der Waals surface area (Å²) in [5, 5.41) is 18.0. The van der Waals surface area contributed by atoms with Gasteiger partial charge >= 0.3 is 0 Å². The highest BCUT2D eigenvalue weighted by molar-refractivity contribution is 5.18. The molecule has 10 atom stereocenters. The van der Waals surface area contributed by atoms with E-state index >= 15 is 0 Å². The van der Waals surface area contributed by atoms with Crippen molar-refractivity contribution in [2.45, 2.75) is 114 Å². The molecule has 0 amide bonds. The molecule has 2 saturated heterocycles. The number of aliphatic hydroxyl groups excluding tert-OH is 2. The minimum Gasteiger partial charge on any atom is -0.397 e. The van der Waals surface area contributed by atoms with Gasteiger partial charge in [0.1, 0.15) is 42.7 Å². The first-order chi connectivity index (χ1) is 34.6. The second kappa shape index (κ2) is 29.2. The number of methoxy groups -OCH3 is 1. The molecule has 6 aromatic carbocycles. The Morgan fingerprint density at radius 1 is 0.357 bits per heavy atom. The van der Waals surface area contributed by atoms with E-state index in [9.17, 15) is 5.11 Å². The van der Waals surface area contributed by atoms with Gasteiger partial charge in [-0.1, -0.05) is 182 Å². The number of hydrogen-bond donors (Lipinski definition) is 2. The molecule has 8 rings (SSSR count). The summed E-state index contributed by atoms with van der Waals surface area (Å²) in [6.07, 6.45) is -7.14. The molecule has 0 bridgehead atoms. The number of rotatable bonds is 24. The Morgan fingerprint density at radius 3 is 0.943 bits per heavy atom. The van der Waals surface area contributed by atoms with Crippen LogP contribution in [-0.4, -0.2) is 98.6 Å². The van der Waals surface area contributed by atoms with E-state index in [1.807, 2.05) is 182 Å². The van der Waals surface area contributed by atoms with Gasteiger partial charge in [0.25, 0.3) is 0 Å². The van der Waals surface area contributed by atoms with Crippen LogP contribution in [0.15, 0.2) is 182 Å². The van der Waals surface area contributed by atoms with Gasteiger partial charge < -0.3 is 57.6 Å². The molecule has 0 radical (unpaired) electrons. The van der Waals surface area contributed by atoms with Crippen molar-refractivity contribution < 1.29 is 57.6 Å². The van der Waals surface area contributed by atoms with Crippen LogP contribution >= 0.6 is 0 Å². The van der Waals surface area contributed by atoms with E-state index in [-0.39, 0.29) is 46.1 Å². The van der Waals surface area contributed by atoms with Gasteiger partial charge in [-0.05, 0) is 46.7 Å². The minimum atomic E-state index is -0.993. The van der Waals surface area contributed by atoms with Gasteiger partial charge in [0.05, 0.1) is 52.4 Å². The summed E-state index contributed by atoms with van der Waals surface area (Å²) >= 11 is 0. The third-order valence-corrected chi connectivity index (χ3v) is 12.0. The highest BCUT2D eigenvalue weighted by Crippen LogP contribution is 2.35. The Hall–Kier alpha value is -5.16. The molecule has 0 unspecified atom stereocenters. The average Bonchev–Trinajstić information content (AvgIpc) is 3.41. The fraction of sp³-hybridized carbons (Fsp3) is 0.379. The molecule has 0 aliphatic carbocycles. The van der Waals surface area contributed by atoms with Crippen LogP contribution in [0.3, 0.4) is 0 Å². The zero-order chi connectivity index (χ0) is 48.6. The van der Waals surface area contributed by atoms with Gasteiger partial charge in [-0.15, -0.1) is 0 Å². The molecule has 2 aliphatic rings. The summed E-state index contributed by atoms with van der Waals surface area (Å²) in [6, 6.07) is 59.9. The van der Waals surface area contributed by atoms with Crippen molar-refractivity contribution >= 4 is 0 Å². The maximum absolute atomic E-state index is 10.5. The van der Waals surface area contributed by atoms with Crippen molar-refractivity contribution in [3.05, 3.63) is 215 Å². The molecule has 0 saturated carbocycles. The quantitative estimate of drug-likeness (QED) is 0.0600. The van der Waals surface area contributed by atoms with Crippen LogP contribution in [0, 0.1) is 0 Å². The van der Waals surface area contributed by atoms with E-state index in [0.29, 0.717) is 19.8 Å². The molecule has 2 heterocycles. The Labute approximate surface area is 412 Å². The smallest absolute Gasteiger partial charge is 0.186 e. The summed E-state index contributed by atoms with van der Waals surface area (Å²) < 4.78 is 67.6. The summed E-state index contributed by atoms with van der Waals surface area (Å²) in [7, 11) is 1.60. The maximum Gasteiger partial charge on any atom is 0.186 e. The van der Waals surface area contributed by atoms with Crippen molar-refractivity contribution in [1.29, 1.82) is 0 Å². The van der Waals surface area contributed by atoms with Crippen molar-refractivity contribution in [2.75, 3.05) is 26.9 Å². The average molecular weight is 957 g/mol. The molecule has 70 heavy (non-hydrogen) atoms. The highest BCUT2D eigenvalue weighted by Gasteiger charge is 2.52. The predicted octanol–water partition coefficient (Wildman–Crippen LogP) is 8.99. The first-order valence-corrected chi connectivity index (χ1v) is 24.2.